The highest BCUT2D eigenvalue weighted by atomic mass is 16.5. The van der Waals surface area contributed by atoms with Crippen molar-refractivity contribution in [3.63, 3.8) is 0 Å². The molecule has 2 aromatic heterocycles. The molecule has 0 radical (unpaired) electrons. The Morgan fingerprint density at radius 3 is 2.36 bits per heavy atom. The van der Waals surface area contributed by atoms with E-state index < -0.39 is 5.69 Å². The third-order valence-corrected chi connectivity index (χ3v) is 6.43. The van der Waals surface area contributed by atoms with Gasteiger partial charge in [-0.15, -0.1) is 0 Å². The maximum atomic E-state index is 13.7. The molecule has 36 heavy (non-hydrogen) atoms. The smallest absolute Gasteiger partial charge is 0.336 e. The molecule has 0 saturated heterocycles. The van der Waals surface area contributed by atoms with Gasteiger partial charge in [-0.05, 0) is 54.2 Å². The fraction of sp³-hybridized carbons (Fsp3) is 0.241. The summed E-state index contributed by atoms with van der Waals surface area (Å²) in [4.78, 5) is 31.7. The molecule has 5 aromatic rings. The van der Waals surface area contributed by atoms with Crippen LogP contribution in [0.3, 0.4) is 0 Å². The van der Waals surface area contributed by atoms with Crippen molar-refractivity contribution in [2.45, 2.75) is 46.6 Å². The fourth-order valence-corrected chi connectivity index (χ4v) is 4.34. The minimum Gasteiger partial charge on any atom is -0.337 e. The third kappa shape index (κ3) is 4.17. The van der Waals surface area contributed by atoms with E-state index >= 15 is 0 Å². The second kappa shape index (κ2) is 8.75. The Hall–Kier alpha value is -4.26. The van der Waals surface area contributed by atoms with Gasteiger partial charge in [0.15, 0.2) is 0 Å². The van der Waals surface area contributed by atoms with Crippen molar-refractivity contribution in [1.29, 1.82) is 0 Å². The van der Waals surface area contributed by atoms with Crippen molar-refractivity contribution < 1.29 is 4.52 Å². The summed E-state index contributed by atoms with van der Waals surface area (Å²) in [6, 6.07) is 20.8. The zero-order chi connectivity index (χ0) is 25.6. The quantitative estimate of drug-likeness (QED) is 0.355. The van der Waals surface area contributed by atoms with Gasteiger partial charge >= 0.3 is 5.69 Å². The number of para-hydroxylation sites is 1. The highest BCUT2D eigenvalue weighted by Crippen LogP contribution is 2.25. The first-order valence-corrected chi connectivity index (χ1v) is 11.9. The van der Waals surface area contributed by atoms with Gasteiger partial charge in [0.05, 0.1) is 16.6 Å². The molecule has 5 rings (SSSR count). The van der Waals surface area contributed by atoms with E-state index in [1.165, 1.54) is 14.7 Å². The molecule has 0 bridgehead atoms. The van der Waals surface area contributed by atoms with Crippen LogP contribution in [-0.2, 0) is 12.0 Å². The van der Waals surface area contributed by atoms with Crippen LogP contribution < -0.4 is 11.2 Å². The average molecular weight is 481 g/mol. The molecule has 0 aliphatic heterocycles. The molecule has 182 valence electrons. The minimum absolute atomic E-state index is 0.0393. The first-order chi connectivity index (χ1) is 17.1. The van der Waals surface area contributed by atoms with Gasteiger partial charge in [0, 0.05) is 5.56 Å². The molecule has 0 unspecified atom stereocenters. The summed E-state index contributed by atoms with van der Waals surface area (Å²) in [6.07, 6.45) is 0. The number of hydrogen-bond acceptors (Lipinski definition) is 5. The summed E-state index contributed by atoms with van der Waals surface area (Å²) in [5.41, 5.74) is 4.14. The van der Waals surface area contributed by atoms with Crippen molar-refractivity contribution >= 4 is 10.9 Å². The molecule has 7 heteroatoms. The van der Waals surface area contributed by atoms with Crippen LogP contribution in [0.1, 0.15) is 43.4 Å². The van der Waals surface area contributed by atoms with Crippen LogP contribution in [0.5, 0.6) is 0 Å². The first kappa shape index (κ1) is 23.5. The van der Waals surface area contributed by atoms with Gasteiger partial charge in [0.1, 0.15) is 6.54 Å². The molecule has 0 N–H and O–H groups in total. The zero-order valence-electron chi connectivity index (χ0n) is 21.1. The second-order valence-electron chi connectivity index (χ2n) is 10.2. The number of hydrogen-bond donors (Lipinski definition) is 0. The van der Waals surface area contributed by atoms with Crippen LogP contribution in [0.15, 0.2) is 80.8 Å². The van der Waals surface area contributed by atoms with Crippen molar-refractivity contribution in [3.05, 3.63) is 110 Å². The lowest BCUT2D eigenvalue weighted by Gasteiger charge is -2.18. The highest BCUT2D eigenvalue weighted by Gasteiger charge is 2.19. The molecule has 0 spiro atoms. The standard InChI is InChI=1S/C29H28N4O3/c1-18-10-11-19(2)24(16-18)33-27(34)22-8-6-7-9-23(22)32(28(33)35)17-25-30-26(31-36-25)20-12-14-21(15-13-20)29(3,4)5/h6-16H,17H2,1-5H3. The van der Waals surface area contributed by atoms with E-state index in [0.717, 1.165) is 16.7 Å². The van der Waals surface area contributed by atoms with Gasteiger partial charge in [-0.25, -0.2) is 9.36 Å². The van der Waals surface area contributed by atoms with Crippen LogP contribution in [0.2, 0.25) is 0 Å². The van der Waals surface area contributed by atoms with E-state index in [1.807, 2.05) is 44.2 Å². The molecule has 0 atom stereocenters. The second-order valence-corrected chi connectivity index (χ2v) is 10.2. The van der Waals surface area contributed by atoms with E-state index in [1.54, 1.807) is 24.3 Å². The van der Waals surface area contributed by atoms with Gasteiger partial charge in [-0.2, -0.15) is 4.98 Å². The van der Waals surface area contributed by atoms with Crippen molar-refractivity contribution in [2.75, 3.05) is 0 Å². The Bertz CT molecular complexity index is 1700. The Balaban J connectivity index is 1.60. The molecule has 0 amide bonds. The third-order valence-electron chi connectivity index (χ3n) is 6.43. The molecule has 0 fully saturated rings. The Morgan fingerprint density at radius 2 is 1.64 bits per heavy atom. The maximum Gasteiger partial charge on any atom is 0.336 e. The van der Waals surface area contributed by atoms with Crippen LogP contribution in [0.25, 0.3) is 28.0 Å². The number of aromatic nitrogens is 4. The lowest BCUT2D eigenvalue weighted by Crippen LogP contribution is -2.39. The summed E-state index contributed by atoms with van der Waals surface area (Å²) in [5, 5.41) is 4.58. The molecular formula is C29H28N4O3. The molecule has 2 heterocycles. The van der Waals surface area contributed by atoms with E-state index in [0.29, 0.717) is 22.4 Å². The summed E-state index contributed by atoms with van der Waals surface area (Å²) >= 11 is 0. The van der Waals surface area contributed by atoms with Crippen molar-refractivity contribution in [1.82, 2.24) is 19.3 Å². The SMILES string of the molecule is Cc1ccc(C)c(-n2c(=O)c3ccccc3n(Cc3nc(-c4ccc(C(C)(C)C)cc4)no3)c2=O)c1. The fourth-order valence-electron chi connectivity index (χ4n) is 4.34. The van der Waals surface area contributed by atoms with Gasteiger partial charge in [0.2, 0.25) is 11.7 Å². The topological polar surface area (TPSA) is 82.9 Å². The zero-order valence-corrected chi connectivity index (χ0v) is 21.1. The largest absolute Gasteiger partial charge is 0.337 e. The monoisotopic (exact) mass is 480 g/mol. The van der Waals surface area contributed by atoms with Gasteiger partial charge in [-0.3, -0.25) is 9.36 Å². The Kier molecular flexibility index (Phi) is 5.71. The predicted molar refractivity (Wildman–Crippen MR) is 141 cm³/mol. The van der Waals surface area contributed by atoms with Crippen LogP contribution in [0.4, 0.5) is 0 Å². The van der Waals surface area contributed by atoms with E-state index in [2.05, 4.69) is 43.0 Å². The van der Waals surface area contributed by atoms with Crippen LogP contribution in [0, 0.1) is 13.8 Å². The molecule has 0 aliphatic carbocycles. The summed E-state index contributed by atoms with van der Waals surface area (Å²) in [6.45, 7) is 10.3. The molecule has 0 saturated carbocycles. The van der Waals surface area contributed by atoms with Gasteiger partial charge in [-0.1, -0.05) is 74.5 Å². The normalized spacial score (nSPS) is 11.8. The lowest BCUT2D eigenvalue weighted by atomic mass is 9.87. The number of benzene rings is 3. The molecule has 0 aliphatic rings. The number of nitrogens with zero attached hydrogens (tertiary/aromatic N) is 4. The molecule has 7 nitrogen and oxygen atoms in total. The highest BCUT2D eigenvalue weighted by molar-refractivity contribution is 5.78. The first-order valence-electron chi connectivity index (χ1n) is 11.9. The van der Waals surface area contributed by atoms with E-state index in [9.17, 15) is 9.59 Å². The molecule has 3 aromatic carbocycles. The Labute approximate surface area is 208 Å². The summed E-state index contributed by atoms with van der Waals surface area (Å²) in [7, 11) is 0. The average Bonchev–Trinajstić information content (AvgIpc) is 3.32. The van der Waals surface area contributed by atoms with Gasteiger partial charge in [0.25, 0.3) is 5.56 Å². The number of rotatable bonds is 4. The summed E-state index contributed by atoms with van der Waals surface area (Å²) in [5.74, 6) is 0.731. The predicted octanol–water partition coefficient (Wildman–Crippen LogP) is 5.17. The molecular weight excluding hydrogens is 452 g/mol. The van der Waals surface area contributed by atoms with Crippen molar-refractivity contribution in [2.24, 2.45) is 0 Å². The van der Waals surface area contributed by atoms with E-state index in [4.69, 9.17) is 4.52 Å². The number of aryl methyl sites for hydroxylation is 2. The number of fused-ring (bicyclic) bond motifs is 1. The van der Waals surface area contributed by atoms with Crippen LogP contribution in [-0.4, -0.2) is 19.3 Å². The van der Waals surface area contributed by atoms with Gasteiger partial charge < -0.3 is 4.52 Å². The maximum absolute atomic E-state index is 13.7. The minimum atomic E-state index is -0.457. The summed E-state index contributed by atoms with van der Waals surface area (Å²) < 4.78 is 8.28. The van der Waals surface area contributed by atoms with Crippen LogP contribution >= 0.6 is 0 Å². The lowest BCUT2D eigenvalue weighted by molar-refractivity contribution is 0.370. The van der Waals surface area contributed by atoms with Crippen molar-refractivity contribution in [3.8, 4) is 17.1 Å². The Morgan fingerprint density at radius 1 is 0.917 bits per heavy atom. The van der Waals surface area contributed by atoms with E-state index in [-0.39, 0.29) is 23.4 Å².